The Balaban J connectivity index is 2.35. The number of rotatable bonds is 3. The number of esters is 1. The minimum Gasteiger partial charge on any atom is -0.460 e. The highest BCUT2D eigenvalue weighted by Gasteiger charge is 2.15. The van der Waals surface area contributed by atoms with Crippen LogP contribution in [0.2, 0.25) is 0 Å². The number of hydrogen-bond donors (Lipinski definition) is 2. The van der Waals surface area contributed by atoms with Crippen molar-refractivity contribution < 1.29 is 9.53 Å². The molecular weight excluding hydrogens is 236 g/mol. The second-order valence-electron chi connectivity index (χ2n) is 3.62. The van der Waals surface area contributed by atoms with Gasteiger partial charge in [-0.3, -0.25) is 9.89 Å². The van der Waals surface area contributed by atoms with Crippen LogP contribution in [0.1, 0.15) is 23.2 Å². The first-order valence-electron chi connectivity index (χ1n) is 5.41. The Morgan fingerprint density at radius 1 is 1.50 bits per heavy atom. The van der Waals surface area contributed by atoms with E-state index in [-0.39, 0.29) is 23.7 Å². The molecule has 0 saturated carbocycles. The maximum absolute atomic E-state index is 11.7. The highest BCUT2D eigenvalue weighted by molar-refractivity contribution is 5.85. The molecule has 94 valence electrons. The van der Waals surface area contributed by atoms with Crippen molar-refractivity contribution in [3.05, 3.63) is 34.0 Å². The molecule has 2 heterocycles. The molecule has 2 aromatic rings. The van der Waals surface area contributed by atoms with Gasteiger partial charge in [0.05, 0.1) is 12.2 Å². The Morgan fingerprint density at radius 3 is 2.94 bits per heavy atom. The fourth-order valence-corrected chi connectivity index (χ4v) is 1.42. The average Bonchev–Trinajstić information content (AvgIpc) is 2.78. The quantitative estimate of drug-likeness (QED) is 0.776. The molecule has 0 aliphatic heterocycles. The molecule has 2 aromatic heterocycles. The van der Waals surface area contributed by atoms with Crippen molar-refractivity contribution in [2.75, 3.05) is 6.61 Å². The van der Waals surface area contributed by atoms with E-state index in [9.17, 15) is 9.59 Å². The van der Waals surface area contributed by atoms with Crippen LogP contribution < -0.4 is 5.43 Å². The largest absolute Gasteiger partial charge is 0.460 e. The van der Waals surface area contributed by atoms with Crippen LogP contribution in [-0.4, -0.2) is 32.7 Å². The van der Waals surface area contributed by atoms with Gasteiger partial charge in [-0.25, -0.2) is 9.78 Å². The van der Waals surface area contributed by atoms with Crippen LogP contribution in [0.5, 0.6) is 0 Å². The molecule has 0 saturated heterocycles. The monoisotopic (exact) mass is 248 g/mol. The predicted octanol–water partition coefficient (Wildman–Crippen LogP) is 0.645. The fourth-order valence-electron chi connectivity index (χ4n) is 1.42. The number of carbonyl (C=O) groups is 1. The smallest absolute Gasteiger partial charge is 0.375 e. The number of nitrogens with one attached hydrogen (secondary N) is 2. The molecule has 0 aliphatic carbocycles. The molecule has 7 nitrogen and oxygen atoms in total. The van der Waals surface area contributed by atoms with E-state index in [1.165, 1.54) is 12.3 Å². The summed E-state index contributed by atoms with van der Waals surface area (Å²) in [7, 11) is 0. The van der Waals surface area contributed by atoms with Crippen molar-refractivity contribution in [3.63, 3.8) is 0 Å². The molecule has 2 rings (SSSR count). The highest BCUT2D eigenvalue weighted by atomic mass is 16.5. The summed E-state index contributed by atoms with van der Waals surface area (Å²) >= 11 is 0. The lowest BCUT2D eigenvalue weighted by atomic mass is 10.2. The lowest BCUT2D eigenvalue weighted by Gasteiger charge is -1.96. The molecule has 0 fully saturated rings. The highest BCUT2D eigenvalue weighted by Crippen LogP contribution is 2.09. The summed E-state index contributed by atoms with van der Waals surface area (Å²) in [6, 6.07) is 1.44. The Kier molecular flexibility index (Phi) is 3.22. The summed E-state index contributed by atoms with van der Waals surface area (Å²) < 4.78 is 4.77. The Hall–Kier alpha value is -2.44. The van der Waals surface area contributed by atoms with E-state index in [1.807, 2.05) is 0 Å². The Bertz CT molecular complexity index is 629. The molecule has 0 amide bonds. The van der Waals surface area contributed by atoms with Gasteiger partial charge in [0, 0.05) is 18.0 Å². The lowest BCUT2D eigenvalue weighted by molar-refractivity contribution is 0.0512. The number of aryl methyl sites for hydroxylation is 1. The molecule has 7 heteroatoms. The summed E-state index contributed by atoms with van der Waals surface area (Å²) in [6.45, 7) is 3.72. The van der Waals surface area contributed by atoms with Crippen LogP contribution in [0.3, 0.4) is 0 Å². The number of carbonyl (C=O) groups excluding carboxylic acids is 1. The number of aromatic amines is 2. The first kappa shape index (κ1) is 12.0. The van der Waals surface area contributed by atoms with E-state index in [4.69, 9.17) is 4.74 Å². The number of hydrogen-bond acceptors (Lipinski definition) is 5. The zero-order valence-corrected chi connectivity index (χ0v) is 9.98. The zero-order valence-electron chi connectivity index (χ0n) is 9.98. The molecule has 0 atom stereocenters. The minimum absolute atomic E-state index is 0.0215. The maximum atomic E-state index is 11.7. The Labute approximate surface area is 102 Å². The van der Waals surface area contributed by atoms with Crippen LogP contribution in [0.4, 0.5) is 0 Å². The SMILES string of the molecule is CCOC(=O)c1nc(-c2c[nH]c(C)cc2=O)n[nH]1. The van der Waals surface area contributed by atoms with E-state index in [2.05, 4.69) is 20.2 Å². The average molecular weight is 248 g/mol. The van der Waals surface area contributed by atoms with Crippen LogP contribution in [0, 0.1) is 6.92 Å². The van der Waals surface area contributed by atoms with Gasteiger partial charge in [-0.2, -0.15) is 5.10 Å². The van der Waals surface area contributed by atoms with E-state index in [0.717, 1.165) is 5.69 Å². The van der Waals surface area contributed by atoms with Gasteiger partial charge in [-0.15, -0.1) is 0 Å². The molecule has 0 bridgehead atoms. The molecule has 0 aromatic carbocycles. The number of ether oxygens (including phenoxy) is 1. The molecule has 2 N–H and O–H groups in total. The number of nitrogens with zero attached hydrogens (tertiary/aromatic N) is 2. The van der Waals surface area contributed by atoms with Gasteiger partial charge in [0.25, 0.3) is 0 Å². The van der Waals surface area contributed by atoms with Crippen molar-refractivity contribution in [1.29, 1.82) is 0 Å². The van der Waals surface area contributed by atoms with Gasteiger partial charge in [-0.1, -0.05) is 0 Å². The van der Waals surface area contributed by atoms with Crippen molar-refractivity contribution in [2.24, 2.45) is 0 Å². The van der Waals surface area contributed by atoms with Gasteiger partial charge in [0.2, 0.25) is 5.82 Å². The number of pyridine rings is 1. The van der Waals surface area contributed by atoms with Gasteiger partial charge >= 0.3 is 5.97 Å². The summed E-state index contributed by atoms with van der Waals surface area (Å²) in [5.74, 6) is -0.453. The van der Waals surface area contributed by atoms with E-state index in [1.54, 1.807) is 13.8 Å². The summed E-state index contributed by atoms with van der Waals surface area (Å²) in [5, 5.41) is 6.27. The Morgan fingerprint density at radius 2 is 2.28 bits per heavy atom. The zero-order chi connectivity index (χ0) is 13.1. The second kappa shape index (κ2) is 4.82. The standard InChI is InChI=1S/C11H12N4O3/c1-3-18-11(17)10-13-9(14-15-10)7-5-12-6(2)4-8(7)16/h4-5H,3H2,1-2H3,(H,12,16)(H,13,14,15). The van der Waals surface area contributed by atoms with Gasteiger partial charge in [-0.05, 0) is 13.8 Å². The first-order chi connectivity index (χ1) is 8.61. The topological polar surface area (TPSA) is 101 Å². The maximum Gasteiger partial charge on any atom is 0.375 e. The van der Waals surface area contributed by atoms with Gasteiger partial charge < -0.3 is 9.72 Å². The van der Waals surface area contributed by atoms with Crippen LogP contribution in [0.25, 0.3) is 11.4 Å². The summed E-state index contributed by atoms with van der Waals surface area (Å²) in [4.78, 5) is 29.9. The molecule has 0 radical (unpaired) electrons. The van der Waals surface area contributed by atoms with Gasteiger partial charge in [0.15, 0.2) is 11.3 Å². The second-order valence-corrected chi connectivity index (χ2v) is 3.62. The fraction of sp³-hybridized carbons (Fsp3) is 0.273. The summed E-state index contributed by atoms with van der Waals surface area (Å²) in [5.41, 5.74) is 0.831. The third-order valence-electron chi connectivity index (χ3n) is 2.25. The van der Waals surface area contributed by atoms with Crippen molar-refractivity contribution in [3.8, 4) is 11.4 Å². The van der Waals surface area contributed by atoms with E-state index in [0.29, 0.717) is 5.56 Å². The molecular formula is C11H12N4O3. The lowest BCUT2D eigenvalue weighted by Crippen LogP contribution is -2.08. The van der Waals surface area contributed by atoms with Crippen molar-refractivity contribution in [2.45, 2.75) is 13.8 Å². The van der Waals surface area contributed by atoms with Crippen molar-refractivity contribution in [1.82, 2.24) is 20.2 Å². The number of H-pyrrole nitrogens is 2. The predicted molar refractivity (Wildman–Crippen MR) is 63.1 cm³/mol. The van der Waals surface area contributed by atoms with Crippen LogP contribution in [0.15, 0.2) is 17.1 Å². The van der Waals surface area contributed by atoms with Crippen molar-refractivity contribution >= 4 is 5.97 Å². The third kappa shape index (κ3) is 2.29. The van der Waals surface area contributed by atoms with Crippen LogP contribution in [-0.2, 0) is 4.74 Å². The van der Waals surface area contributed by atoms with E-state index < -0.39 is 5.97 Å². The number of aromatic nitrogens is 4. The third-order valence-corrected chi connectivity index (χ3v) is 2.25. The molecule has 0 spiro atoms. The minimum atomic E-state index is -0.597. The normalized spacial score (nSPS) is 10.3. The molecule has 0 unspecified atom stereocenters. The van der Waals surface area contributed by atoms with Gasteiger partial charge in [0.1, 0.15) is 0 Å². The molecule has 0 aliphatic rings. The first-order valence-corrected chi connectivity index (χ1v) is 5.41. The summed E-state index contributed by atoms with van der Waals surface area (Å²) in [6.07, 6.45) is 1.51. The van der Waals surface area contributed by atoms with E-state index >= 15 is 0 Å². The molecule has 18 heavy (non-hydrogen) atoms. The van der Waals surface area contributed by atoms with Crippen LogP contribution >= 0.6 is 0 Å².